The van der Waals surface area contributed by atoms with E-state index in [9.17, 15) is 13.2 Å². The van der Waals surface area contributed by atoms with Crippen molar-refractivity contribution in [1.82, 2.24) is 10.0 Å². The van der Waals surface area contributed by atoms with Gasteiger partial charge in [-0.2, -0.15) is 0 Å². The van der Waals surface area contributed by atoms with Crippen molar-refractivity contribution in [3.63, 3.8) is 0 Å². The molecule has 2 aliphatic carbocycles. The van der Waals surface area contributed by atoms with Gasteiger partial charge >= 0.3 is 0 Å². The van der Waals surface area contributed by atoms with Crippen molar-refractivity contribution in [3.8, 4) is 0 Å². The average molecular weight is 365 g/mol. The van der Waals surface area contributed by atoms with Crippen molar-refractivity contribution in [1.29, 1.82) is 0 Å². The highest BCUT2D eigenvalue weighted by molar-refractivity contribution is 7.89. The number of hydrogen-bond acceptors (Lipinski definition) is 4. The van der Waals surface area contributed by atoms with E-state index < -0.39 is 10.0 Å². The Morgan fingerprint density at radius 2 is 1.72 bits per heavy atom. The fourth-order valence-corrected chi connectivity index (χ4v) is 4.74. The summed E-state index contributed by atoms with van der Waals surface area (Å²) >= 11 is 0. The highest BCUT2D eigenvalue weighted by atomic mass is 32.2. The van der Waals surface area contributed by atoms with Crippen LogP contribution in [-0.4, -0.2) is 33.0 Å². The van der Waals surface area contributed by atoms with Gasteiger partial charge in [0.05, 0.1) is 4.90 Å². The summed E-state index contributed by atoms with van der Waals surface area (Å²) in [5, 5.41) is 3.02. The summed E-state index contributed by atoms with van der Waals surface area (Å²) in [4.78, 5) is 12.7. The van der Waals surface area contributed by atoms with E-state index in [1.165, 1.54) is 31.4 Å². The summed E-state index contributed by atoms with van der Waals surface area (Å²) in [7, 11) is -3.49. The summed E-state index contributed by atoms with van der Waals surface area (Å²) in [6, 6.07) is 6.13. The summed E-state index contributed by atoms with van der Waals surface area (Å²) in [6.45, 7) is 0.425. The third kappa shape index (κ3) is 4.80. The molecule has 25 heavy (non-hydrogen) atoms. The lowest BCUT2D eigenvalue weighted by atomic mass is 9.84. The van der Waals surface area contributed by atoms with Crippen molar-refractivity contribution in [2.24, 2.45) is 11.7 Å². The smallest absolute Gasteiger partial charge is 0.251 e. The third-order valence-electron chi connectivity index (χ3n) is 5.12. The van der Waals surface area contributed by atoms with E-state index >= 15 is 0 Å². The van der Waals surface area contributed by atoms with E-state index in [-0.39, 0.29) is 22.9 Å². The number of nitrogens with one attached hydrogen (secondary N) is 2. The van der Waals surface area contributed by atoms with Crippen LogP contribution in [0.15, 0.2) is 29.2 Å². The topological polar surface area (TPSA) is 101 Å². The lowest BCUT2D eigenvalue weighted by molar-refractivity contribution is 0.0915. The molecule has 2 saturated carbocycles. The van der Waals surface area contributed by atoms with Crippen LogP contribution in [0, 0.1) is 5.92 Å². The first-order valence-corrected chi connectivity index (χ1v) is 10.6. The highest BCUT2D eigenvalue weighted by Crippen LogP contribution is 2.26. The third-order valence-corrected chi connectivity index (χ3v) is 6.65. The number of sulfonamides is 1. The van der Waals surface area contributed by atoms with E-state index in [4.69, 9.17) is 5.73 Å². The van der Waals surface area contributed by atoms with Gasteiger partial charge in [-0.05, 0) is 55.9 Å². The number of carbonyl (C=O) groups excluding carboxylic acids is 1. The fourth-order valence-electron chi connectivity index (χ4n) is 3.43. The molecule has 0 heterocycles. The monoisotopic (exact) mass is 365 g/mol. The molecule has 1 atom stereocenters. The molecule has 4 N–H and O–H groups in total. The molecule has 0 aromatic heterocycles. The predicted octanol–water partition coefficient (Wildman–Crippen LogP) is 1.76. The summed E-state index contributed by atoms with van der Waals surface area (Å²) in [6.07, 6.45) is 7.63. The molecular formula is C18H27N3O3S. The zero-order valence-electron chi connectivity index (χ0n) is 14.4. The number of benzene rings is 1. The zero-order chi connectivity index (χ0) is 17.9. The highest BCUT2D eigenvalue weighted by Gasteiger charge is 2.28. The summed E-state index contributed by atoms with van der Waals surface area (Å²) in [5.74, 6) is 0.241. The molecule has 0 bridgehead atoms. The van der Waals surface area contributed by atoms with E-state index in [0.29, 0.717) is 18.0 Å². The summed E-state index contributed by atoms with van der Waals surface area (Å²) < 4.78 is 27.0. The van der Waals surface area contributed by atoms with Crippen LogP contribution in [0.5, 0.6) is 0 Å². The Morgan fingerprint density at radius 1 is 1.08 bits per heavy atom. The Kier molecular flexibility index (Phi) is 5.76. The van der Waals surface area contributed by atoms with Gasteiger partial charge in [-0.3, -0.25) is 4.79 Å². The van der Waals surface area contributed by atoms with Crippen LogP contribution in [0.3, 0.4) is 0 Å². The Hall–Kier alpha value is -1.44. The lowest BCUT2D eigenvalue weighted by Gasteiger charge is -2.30. The van der Waals surface area contributed by atoms with Crippen molar-refractivity contribution in [2.75, 3.05) is 6.54 Å². The first kappa shape index (κ1) is 18.4. The van der Waals surface area contributed by atoms with Gasteiger partial charge in [-0.1, -0.05) is 19.3 Å². The van der Waals surface area contributed by atoms with Crippen LogP contribution in [0.25, 0.3) is 0 Å². The Morgan fingerprint density at radius 3 is 2.28 bits per heavy atom. The predicted molar refractivity (Wildman–Crippen MR) is 96.7 cm³/mol. The van der Waals surface area contributed by atoms with Crippen molar-refractivity contribution in [2.45, 2.75) is 61.9 Å². The first-order valence-electron chi connectivity index (χ1n) is 9.13. The maximum atomic E-state index is 12.5. The van der Waals surface area contributed by atoms with Gasteiger partial charge in [0.25, 0.3) is 5.91 Å². The molecule has 138 valence electrons. The molecule has 2 aliphatic rings. The molecule has 6 nitrogen and oxygen atoms in total. The van der Waals surface area contributed by atoms with Crippen molar-refractivity contribution < 1.29 is 13.2 Å². The normalized spacial score (nSPS) is 20.2. The Bertz CT molecular complexity index is 693. The number of nitrogens with two attached hydrogens (primary N) is 1. The maximum Gasteiger partial charge on any atom is 0.251 e. The molecule has 1 unspecified atom stereocenters. The van der Waals surface area contributed by atoms with Gasteiger partial charge in [0.1, 0.15) is 0 Å². The average Bonchev–Trinajstić information content (AvgIpc) is 3.43. The van der Waals surface area contributed by atoms with Crippen LogP contribution >= 0.6 is 0 Å². The van der Waals surface area contributed by atoms with Crippen LogP contribution < -0.4 is 15.8 Å². The minimum atomic E-state index is -3.49. The molecule has 0 spiro atoms. The fraction of sp³-hybridized carbons (Fsp3) is 0.611. The zero-order valence-corrected chi connectivity index (χ0v) is 15.2. The molecule has 1 aromatic rings. The van der Waals surface area contributed by atoms with Gasteiger partial charge in [-0.15, -0.1) is 0 Å². The second-order valence-electron chi connectivity index (χ2n) is 7.13. The maximum absolute atomic E-state index is 12.5. The second kappa shape index (κ2) is 7.85. The SMILES string of the molecule is NCC(NC(=O)c1ccc(S(=O)(=O)NC2CC2)cc1)C1CCCCC1. The van der Waals surface area contributed by atoms with Crippen molar-refractivity contribution >= 4 is 15.9 Å². The molecule has 0 saturated heterocycles. The van der Waals surface area contributed by atoms with E-state index in [1.54, 1.807) is 12.1 Å². The van der Waals surface area contributed by atoms with Crippen LogP contribution in [0.4, 0.5) is 0 Å². The van der Waals surface area contributed by atoms with Crippen molar-refractivity contribution in [3.05, 3.63) is 29.8 Å². The number of hydrogen-bond donors (Lipinski definition) is 3. The number of amides is 1. The largest absolute Gasteiger partial charge is 0.348 e. The van der Waals surface area contributed by atoms with Gasteiger partial charge in [-0.25, -0.2) is 13.1 Å². The Balaban J connectivity index is 1.63. The molecule has 0 radical (unpaired) electrons. The minimum Gasteiger partial charge on any atom is -0.348 e. The Labute approximate surface area is 149 Å². The van der Waals surface area contributed by atoms with E-state index in [2.05, 4.69) is 10.0 Å². The molecule has 1 aromatic carbocycles. The number of carbonyl (C=O) groups is 1. The number of rotatable bonds is 7. The van der Waals surface area contributed by atoms with Crippen LogP contribution in [0.1, 0.15) is 55.3 Å². The molecule has 7 heteroatoms. The van der Waals surface area contributed by atoms with Gasteiger partial charge in [0.15, 0.2) is 0 Å². The van der Waals surface area contributed by atoms with Gasteiger partial charge in [0, 0.05) is 24.2 Å². The second-order valence-corrected chi connectivity index (χ2v) is 8.85. The molecule has 2 fully saturated rings. The lowest BCUT2D eigenvalue weighted by Crippen LogP contribution is -2.45. The minimum absolute atomic E-state index is 0.0206. The molecule has 3 rings (SSSR count). The molecule has 1 amide bonds. The van der Waals surface area contributed by atoms with Gasteiger partial charge < -0.3 is 11.1 Å². The van der Waals surface area contributed by atoms with Gasteiger partial charge in [0.2, 0.25) is 10.0 Å². The quantitative estimate of drug-likeness (QED) is 0.685. The van der Waals surface area contributed by atoms with E-state index in [1.807, 2.05) is 0 Å². The molecular weight excluding hydrogens is 338 g/mol. The summed E-state index contributed by atoms with van der Waals surface area (Å²) in [5.41, 5.74) is 6.32. The standard InChI is InChI=1S/C18H27N3O3S/c19-12-17(13-4-2-1-3-5-13)20-18(22)14-6-10-16(11-7-14)25(23,24)21-15-8-9-15/h6-7,10-11,13,15,17,21H,1-5,8-9,12,19H2,(H,20,22). The van der Waals surface area contributed by atoms with Crippen LogP contribution in [-0.2, 0) is 10.0 Å². The van der Waals surface area contributed by atoms with Crippen LogP contribution in [0.2, 0.25) is 0 Å². The molecule has 0 aliphatic heterocycles. The first-order chi connectivity index (χ1) is 12.0. The van der Waals surface area contributed by atoms with E-state index in [0.717, 1.165) is 25.7 Å².